The van der Waals surface area contributed by atoms with E-state index in [0.29, 0.717) is 15.6 Å². The summed E-state index contributed by atoms with van der Waals surface area (Å²) in [6.07, 6.45) is 0. The van der Waals surface area contributed by atoms with Crippen LogP contribution in [0.25, 0.3) is 16.0 Å². The molecule has 24 heavy (non-hydrogen) atoms. The van der Waals surface area contributed by atoms with Crippen molar-refractivity contribution in [1.82, 2.24) is 14.7 Å². The summed E-state index contributed by atoms with van der Waals surface area (Å²) in [6.45, 7) is 2.11. The van der Waals surface area contributed by atoms with Crippen molar-refractivity contribution in [1.29, 1.82) is 0 Å². The van der Waals surface area contributed by atoms with Gasteiger partial charge in [-0.05, 0) is 31.2 Å². The molecule has 0 aliphatic carbocycles. The van der Waals surface area contributed by atoms with E-state index in [1.54, 1.807) is 0 Å². The van der Waals surface area contributed by atoms with Crippen LogP contribution in [0.5, 0.6) is 0 Å². The molecule has 0 fully saturated rings. The average molecular weight is 339 g/mol. The van der Waals surface area contributed by atoms with E-state index in [9.17, 15) is 9.59 Å². The molecule has 0 spiro atoms. The monoisotopic (exact) mass is 339 g/mol. The molecule has 7 heteroatoms. The van der Waals surface area contributed by atoms with Gasteiger partial charge >= 0.3 is 0 Å². The molecule has 0 saturated carbocycles. The van der Waals surface area contributed by atoms with Crippen LogP contribution in [0.15, 0.2) is 51.7 Å². The van der Waals surface area contributed by atoms with Gasteiger partial charge in [0.15, 0.2) is 4.96 Å². The molecular formula is C17H13N3O3S. The van der Waals surface area contributed by atoms with E-state index < -0.39 is 0 Å². The third-order valence-corrected chi connectivity index (χ3v) is 4.63. The van der Waals surface area contributed by atoms with Crippen molar-refractivity contribution in [3.8, 4) is 0 Å². The number of hydrogen-bond donors (Lipinski definition) is 1. The van der Waals surface area contributed by atoms with Gasteiger partial charge in [0.2, 0.25) is 0 Å². The number of rotatable bonds is 3. The largest absolute Gasteiger partial charge is 0.465 e. The maximum absolute atomic E-state index is 12.4. The molecule has 0 unspecified atom stereocenters. The number of carbonyl (C=O) groups is 1. The molecule has 4 rings (SSSR count). The number of para-hydroxylation sites is 2. The first-order valence-corrected chi connectivity index (χ1v) is 8.18. The first kappa shape index (κ1) is 14.6. The van der Waals surface area contributed by atoms with Crippen LogP contribution in [0.1, 0.15) is 21.2 Å². The quantitative estimate of drug-likeness (QED) is 0.623. The number of nitrogens with zero attached hydrogens (tertiary/aromatic N) is 2. The van der Waals surface area contributed by atoms with Gasteiger partial charge in [-0.1, -0.05) is 23.5 Å². The Labute approximate surface area is 140 Å². The Bertz CT molecular complexity index is 1120. The summed E-state index contributed by atoms with van der Waals surface area (Å²) in [5.41, 5.74) is 1.21. The molecule has 3 heterocycles. The second-order valence-electron chi connectivity index (χ2n) is 5.36. The highest BCUT2D eigenvalue weighted by Gasteiger charge is 2.14. The number of imidazole rings is 1. The van der Waals surface area contributed by atoms with Crippen LogP contribution in [-0.2, 0) is 6.54 Å². The molecule has 0 aliphatic rings. The molecule has 6 nitrogen and oxygen atoms in total. The Balaban J connectivity index is 1.68. The van der Waals surface area contributed by atoms with Crippen LogP contribution >= 0.6 is 11.3 Å². The number of aromatic nitrogens is 2. The average Bonchev–Trinajstić information content (AvgIpc) is 3.15. The fourth-order valence-electron chi connectivity index (χ4n) is 2.54. The van der Waals surface area contributed by atoms with E-state index in [2.05, 4.69) is 10.3 Å². The fraction of sp³-hybridized carbons (Fsp3) is 0.118. The lowest BCUT2D eigenvalue weighted by atomic mass is 10.3. The van der Waals surface area contributed by atoms with Crippen molar-refractivity contribution in [3.63, 3.8) is 0 Å². The van der Waals surface area contributed by atoms with E-state index in [4.69, 9.17) is 4.42 Å². The first-order valence-electron chi connectivity index (χ1n) is 7.37. The lowest BCUT2D eigenvalue weighted by Crippen LogP contribution is -2.24. The van der Waals surface area contributed by atoms with E-state index in [0.717, 1.165) is 16.8 Å². The van der Waals surface area contributed by atoms with E-state index in [1.807, 2.05) is 43.3 Å². The predicted molar refractivity (Wildman–Crippen MR) is 91.5 cm³/mol. The van der Waals surface area contributed by atoms with Gasteiger partial charge in [0.1, 0.15) is 16.4 Å². The third-order valence-electron chi connectivity index (χ3n) is 3.65. The topological polar surface area (TPSA) is 76.6 Å². The molecule has 0 atom stereocenters. The molecule has 1 amide bonds. The summed E-state index contributed by atoms with van der Waals surface area (Å²) >= 11 is 1.18. The van der Waals surface area contributed by atoms with Gasteiger partial charge in [0.25, 0.3) is 11.5 Å². The van der Waals surface area contributed by atoms with Gasteiger partial charge in [0, 0.05) is 6.07 Å². The third kappa shape index (κ3) is 2.48. The number of furan rings is 1. The molecule has 0 radical (unpaired) electrons. The van der Waals surface area contributed by atoms with Crippen LogP contribution in [0.4, 0.5) is 0 Å². The van der Waals surface area contributed by atoms with Crippen molar-refractivity contribution >= 4 is 33.2 Å². The minimum Gasteiger partial charge on any atom is -0.465 e. The lowest BCUT2D eigenvalue weighted by molar-refractivity contribution is 0.0951. The normalized spacial score (nSPS) is 11.2. The second kappa shape index (κ2) is 5.61. The van der Waals surface area contributed by atoms with Crippen molar-refractivity contribution in [2.75, 3.05) is 0 Å². The number of carbonyl (C=O) groups excluding carboxylic acids is 1. The molecule has 1 N–H and O–H groups in total. The molecule has 0 saturated heterocycles. The Hall–Kier alpha value is -2.93. The smallest absolute Gasteiger partial charge is 0.262 e. The van der Waals surface area contributed by atoms with Crippen molar-refractivity contribution < 1.29 is 9.21 Å². The molecule has 120 valence electrons. The SMILES string of the molecule is Cc1ccc(CNC(=O)c2cc(=O)n3c(nc4ccccc43)s2)o1. The summed E-state index contributed by atoms with van der Waals surface area (Å²) in [4.78, 5) is 30.0. The summed E-state index contributed by atoms with van der Waals surface area (Å²) in [6, 6.07) is 12.4. The number of fused-ring (bicyclic) bond motifs is 3. The van der Waals surface area contributed by atoms with Crippen LogP contribution in [0, 0.1) is 6.92 Å². The van der Waals surface area contributed by atoms with E-state index in [1.165, 1.54) is 21.8 Å². The number of amides is 1. The van der Waals surface area contributed by atoms with E-state index in [-0.39, 0.29) is 18.0 Å². The van der Waals surface area contributed by atoms with Crippen molar-refractivity contribution in [2.45, 2.75) is 13.5 Å². The maximum Gasteiger partial charge on any atom is 0.262 e. The van der Waals surface area contributed by atoms with Gasteiger partial charge < -0.3 is 9.73 Å². The first-order chi connectivity index (χ1) is 11.6. The standard InChI is InChI=1S/C17H13N3O3S/c1-10-6-7-11(23-10)9-18-16(22)14-8-15(21)20-13-5-3-2-4-12(13)19-17(20)24-14/h2-8H,9H2,1H3,(H,18,22). The zero-order valence-electron chi connectivity index (χ0n) is 12.8. The van der Waals surface area contributed by atoms with Crippen LogP contribution in [0.2, 0.25) is 0 Å². The van der Waals surface area contributed by atoms with Crippen LogP contribution < -0.4 is 10.9 Å². The van der Waals surface area contributed by atoms with Gasteiger partial charge in [-0.3, -0.25) is 14.0 Å². The Kier molecular flexibility index (Phi) is 3.42. The van der Waals surface area contributed by atoms with Crippen molar-refractivity contribution in [3.05, 3.63) is 69.2 Å². The summed E-state index contributed by atoms with van der Waals surface area (Å²) in [7, 11) is 0. The summed E-state index contributed by atoms with van der Waals surface area (Å²) < 4.78 is 6.93. The number of aryl methyl sites for hydroxylation is 1. The Morgan fingerprint density at radius 3 is 2.92 bits per heavy atom. The Morgan fingerprint density at radius 1 is 1.29 bits per heavy atom. The molecular weight excluding hydrogens is 326 g/mol. The summed E-state index contributed by atoms with van der Waals surface area (Å²) in [5, 5.41) is 2.76. The lowest BCUT2D eigenvalue weighted by Gasteiger charge is -2.03. The number of hydrogen-bond acceptors (Lipinski definition) is 5. The van der Waals surface area contributed by atoms with Gasteiger partial charge in [-0.15, -0.1) is 0 Å². The molecule has 0 bridgehead atoms. The highest BCUT2D eigenvalue weighted by molar-refractivity contribution is 7.18. The van der Waals surface area contributed by atoms with Gasteiger partial charge in [-0.2, -0.15) is 0 Å². The fourth-order valence-corrected chi connectivity index (χ4v) is 3.48. The molecule has 4 aromatic rings. The highest BCUT2D eigenvalue weighted by atomic mass is 32.1. The highest BCUT2D eigenvalue weighted by Crippen LogP contribution is 2.19. The minimum absolute atomic E-state index is 0.267. The van der Waals surface area contributed by atoms with Crippen LogP contribution in [0.3, 0.4) is 0 Å². The van der Waals surface area contributed by atoms with Gasteiger partial charge in [0.05, 0.1) is 17.6 Å². The maximum atomic E-state index is 12.4. The number of nitrogens with one attached hydrogen (secondary N) is 1. The molecule has 0 aliphatic heterocycles. The molecule has 3 aromatic heterocycles. The van der Waals surface area contributed by atoms with E-state index >= 15 is 0 Å². The zero-order chi connectivity index (χ0) is 16.7. The zero-order valence-corrected chi connectivity index (χ0v) is 13.6. The Morgan fingerprint density at radius 2 is 2.12 bits per heavy atom. The van der Waals surface area contributed by atoms with Crippen molar-refractivity contribution in [2.24, 2.45) is 0 Å². The second-order valence-corrected chi connectivity index (χ2v) is 6.37. The summed E-state index contributed by atoms with van der Waals surface area (Å²) in [5.74, 6) is 1.14. The predicted octanol–water partition coefficient (Wildman–Crippen LogP) is 2.74. The minimum atomic E-state index is -0.319. The van der Waals surface area contributed by atoms with Gasteiger partial charge in [-0.25, -0.2) is 4.98 Å². The number of benzene rings is 1. The molecule has 1 aromatic carbocycles. The van der Waals surface area contributed by atoms with Crippen LogP contribution in [-0.4, -0.2) is 15.3 Å².